The van der Waals surface area contributed by atoms with Gasteiger partial charge in [-0.15, -0.1) is 0 Å². The number of hydrogen-bond donors (Lipinski definition) is 1. The Labute approximate surface area is 303 Å². The van der Waals surface area contributed by atoms with Gasteiger partial charge < -0.3 is 33.7 Å². The number of aromatic nitrogens is 5. The Morgan fingerprint density at radius 3 is 2.58 bits per heavy atom. The van der Waals surface area contributed by atoms with Crippen LogP contribution in [0, 0.1) is 5.41 Å². The summed E-state index contributed by atoms with van der Waals surface area (Å²) in [5, 5.41) is 3.18. The van der Waals surface area contributed by atoms with Crippen LogP contribution >= 0.6 is 0 Å². The average Bonchev–Trinajstić information content (AvgIpc) is 3.58. The first-order valence-corrected chi connectivity index (χ1v) is 17.9. The summed E-state index contributed by atoms with van der Waals surface area (Å²) in [6.45, 7) is 12.3. The number of ether oxygens (including phenoxy) is 2. The minimum absolute atomic E-state index is 0.00783. The summed E-state index contributed by atoms with van der Waals surface area (Å²) in [4.78, 5) is 58.0. The minimum atomic E-state index is -0.413. The second kappa shape index (κ2) is 14.5. The van der Waals surface area contributed by atoms with Gasteiger partial charge in [0.25, 0.3) is 5.56 Å². The molecule has 1 N–H and O–H groups in total. The zero-order valence-corrected chi connectivity index (χ0v) is 30.6. The van der Waals surface area contributed by atoms with Crippen LogP contribution in [-0.4, -0.2) is 100 Å². The number of carbonyl (C=O) groups is 2. The van der Waals surface area contributed by atoms with Gasteiger partial charge in [-0.1, -0.05) is 13.8 Å². The van der Waals surface area contributed by atoms with Crippen LogP contribution in [0.3, 0.4) is 0 Å². The summed E-state index contributed by atoms with van der Waals surface area (Å²) >= 11 is 0. The SMILES string of the molecule is CC(=O)OCc1c(-c2cc(Nc3cnc(N4CCN(C5COC5)CC4)cn3)c(=O)n(C)c2)ccnc1N(C)CCn1c(C=O)cc2c1CC(C)(C)C2. The van der Waals surface area contributed by atoms with Crippen molar-refractivity contribution in [1.29, 1.82) is 0 Å². The fourth-order valence-corrected chi connectivity index (χ4v) is 7.56. The van der Waals surface area contributed by atoms with Crippen molar-refractivity contribution >= 4 is 35.4 Å². The number of aldehydes is 1. The van der Waals surface area contributed by atoms with E-state index >= 15 is 0 Å². The molecule has 0 radical (unpaired) electrons. The molecule has 4 aromatic heterocycles. The molecule has 0 spiro atoms. The zero-order valence-electron chi connectivity index (χ0n) is 30.6. The highest BCUT2D eigenvalue weighted by Gasteiger charge is 2.33. The number of rotatable bonds is 12. The van der Waals surface area contributed by atoms with Gasteiger partial charge in [-0.25, -0.2) is 15.0 Å². The fraction of sp³-hybridized carbons (Fsp3) is 0.474. The molecule has 274 valence electrons. The highest BCUT2D eigenvalue weighted by atomic mass is 16.5. The van der Waals surface area contributed by atoms with E-state index in [0.717, 1.165) is 75.5 Å². The number of nitrogens with one attached hydrogen (secondary N) is 1. The summed E-state index contributed by atoms with van der Waals surface area (Å²) in [7, 11) is 3.64. The van der Waals surface area contributed by atoms with Crippen LogP contribution in [-0.2, 0) is 47.3 Å². The zero-order chi connectivity index (χ0) is 36.6. The Bertz CT molecular complexity index is 2010. The van der Waals surface area contributed by atoms with Gasteiger partial charge in [-0.3, -0.25) is 19.3 Å². The number of piperazine rings is 1. The Balaban J connectivity index is 1.11. The average molecular weight is 710 g/mol. The molecular formula is C38H47N9O5. The standard InChI is InChI=1S/C38H47N9O5/c1-25(49)52-24-31-30(6-7-39-36(31)43(4)8-13-47-28(21-48)14-26-16-38(2,3)17-33(26)47)27-15-32(37(50)44(5)20-27)42-34-18-41-35(19-40-34)46-11-9-45(10-12-46)29-22-51-23-29/h6-7,14-15,18-21,29H,8-13,16-17,22-24H2,1-5H3,(H,40,42). The van der Waals surface area contributed by atoms with Crippen LogP contribution < -0.4 is 20.7 Å². The maximum absolute atomic E-state index is 13.3. The van der Waals surface area contributed by atoms with E-state index in [9.17, 15) is 14.4 Å². The summed E-state index contributed by atoms with van der Waals surface area (Å²) in [5.41, 5.74) is 5.59. The lowest BCUT2D eigenvalue weighted by atomic mass is 9.90. The van der Waals surface area contributed by atoms with Crippen LogP contribution in [0.1, 0.15) is 48.1 Å². The smallest absolute Gasteiger partial charge is 0.302 e. The van der Waals surface area contributed by atoms with Crippen LogP contribution in [0.4, 0.5) is 23.1 Å². The van der Waals surface area contributed by atoms with Gasteiger partial charge in [0.05, 0.1) is 37.3 Å². The third-order valence-corrected chi connectivity index (χ3v) is 10.4. The lowest BCUT2D eigenvalue weighted by molar-refractivity contribution is -0.142. The summed E-state index contributed by atoms with van der Waals surface area (Å²) < 4.78 is 14.5. The van der Waals surface area contributed by atoms with Crippen molar-refractivity contribution < 1.29 is 19.1 Å². The van der Waals surface area contributed by atoms with Gasteiger partial charge in [0, 0.05) is 89.5 Å². The third kappa shape index (κ3) is 7.30. The molecule has 6 heterocycles. The minimum Gasteiger partial charge on any atom is -0.461 e. The number of anilines is 4. The first-order valence-electron chi connectivity index (χ1n) is 17.9. The van der Waals surface area contributed by atoms with Gasteiger partial charge in [-0.05, 0) is 47.6 Å². The predicted molar refractivity (Wildman–Crippen MR) is 198 cm³/mol. The van der Waals surface area contributed by atoms with E-state index in [0.29, 0.717) is 47.7 Å². The van der Waals surface area contributed by atoms with Crippen LogP contribution in [0.5, 0.6) is 0 Å². The van der Waals surface area contributed by atoms with Crippen molar-refractivity contribution in [3.63, 3.8) is 0 Å². The van der Waals surface area contributed by atoms with Gasteiger partial charge in [0.15, 0.2) is 6.29 Å². The highest BCUT2D eigenvalue weighted by molar-refractivity contribution is 5.76. The van der Waals surface area contributed by atoms with Crippen molar-refractivity contribution in [3.8, 4) is 11.1 Å². The number of nitrogens with zero attached hydrogens (tertiary/aromatic N) is 8. The molecule has 7 rings (SSSR count). The molecule has 0 unspecified atom stereocenters. The molecule has 52 heavy (non-hydrogen) atoms. The van der Waals surface area contributed by atoms with E-state index in [-0.39, 0.29) is 17.6 Å². The summed E-state index contributed by atoms with van der Waals surface area (Å²) in [6, 6.07) is 6.18. The normalized spacial score (nSPS) is 17.1. The second-order valence-corrected chi connectivity index (χ2v) is 14.8. The van der Waals surface area contributed by atoms with E-state index in [1.807, 2.05) is 24.1 Å². The van der Waals surface area contributed by atoms with E-state index < -0.39 is 5.97 Å². The molecule has 2 saturated heterocycles. The molecule has 1 aliphatic carbocycles. The Morgan fingerprint density at radius 2 is 1.90 bits per heavy atom. The van der Waals surface area contributed by atoms with Crippen molar-refractivity contribution in [3.05, 3.63) is 75.9 Å². The molecular weight excluding hydrogens is 662 g/mol. The van der Waals surface area contributed by atoms with E-state index in [4.69, 9.17) is 14.5 Å². The molecule has 3 aliphatic rings. The van der Waals surface area contributed by atoms with E-state index in [1.54, 1.807) is 37.9 Å². The molecule has 0 bridgehead atoms. The van der Waals surface area contributed by atoms with Crippen molar-refractivity contribution in [2.24, 2.45) is 12.5 Å². The van der Waals surface area contributed by atoms with Gasteiger partial charge in [-0.2, -0.15) is 0 Å². The van der Waals surface area contributed by atoms with Crippen molar-refractivity contribution in [2.45, 2.75) is 52.8 Å². The lowest BCUT2D eigenvalue weighted by Gasteiger charge is -2.42. The molecule has 4 aromatic rings. The van der Waals surface area contributed by atoms with Gasteiger partial charge >= 0.3 is 5.97 Å². The van der Waals surface area contributed by atoms with Gasteiger partial charge in [0.2, 0.25) is 0 Å². The Kier molecular flexibility index (Phi) is 9.86. The number of esters is 1. The Hall–Kier alpha value is -5.08. The van der Waals surface area contributed by atoms with Gasteiger partial charge in [0.1, 0.15) is 29.7 Å². The van der Waals surface area contributed by atoms with Crippen LogP contribution in [0.25, 0.3) is 11.1 Å². The van der Waals surface area contributed by atoms with Crippen molar-refractivity contribution in [2.75, 3.05) is 68.1 Å². The first-order chi connectivity index (χ1) is 25.0. The molecule has 0 saturated carbocycles. The predicted octanol–water partition coefficient (Wildman–Crippen LogP) is 3.44. The molecule has 2 aliphatic heterocycles. The maximum Gasteiger partial charge on any atom is 0.302 e. The maximum atomic E-state index is 13.3. The molecule has 14 heteroatoms. The van der Waals surface area contributed by atoms with Crippen LogP contribution in [0.15, 0.2) is 47.8 Å². The third-order valence-electron chi connectivity index (χ3n) is 10.4. The fourth-order valence-electron chi connectivity index (χ4n) is 7.56. The first kappa shape index (κ1) is 35.3. The molecule has 0 atom stereocenters. The molecule has 0 aromatic carbocycles. The van der Waals surface area contributed by atoms with Crippen LogP contribution in [0.2, 0.25) is 0 Å². The Morgan fingerprint density at radius 1 is 1.12 bits per heavy atom. The summed E-state index contributed by atoms with van der Waals surface area (Å²) in [6.07, 6.45) is 9.65. The summed E-state index contributed by atoms with van der Waals surface area (Å²) in [5.74, 6) is 1.48. The molecule has 14 nitrogen and oxygen atoms in total. The number of fused-ring (bicyclic) bond motifs is 1. The highest BCUT2D eigenvalue weighted by Crippen LogP contribution is 2.38. The number of aryl methyl sites for hydroxylation is 1. The molecule has 2 fully saturated rings. The largest absolute Gasteiger partial charge is 0.461 e. The van der Waals surface area contributed by atoms with E-state index in [2.05, 4.69) is 43.5 Å². The topological polar surface area (TPSA) is 140 Å². The number of hydrogen-bond acceptors (Lipinski definition) is 12. The molecule has 0 amide bonds. The second-order valence-electron chi connectivity index (χ2n) is 14.8. The number of carbonyl (C=O) groups excluding carboxylic acids is 2. The quantitative estimate of drug-likeness (QED) is 0.170. The lowest BCUT2D eigenvalue weighted by Crippen LogP contribution is -2.56. The monoisotopic (exact) mass is 709 g/mol. The number of likely N-dealkylation sites (N-methyl/N-ethyl adjacent to an activating group) is 1. The van der Waals surface area contributed by atoms with E-state index in [1.165, 1.54) is 22.7 Å². The van der Waals surface area contributed by atoms with Crippen molar-refractivity contribution in [1.82, 2.24) is 29.0 Å². The number of pyridine rings is 2.